The van der Waals surface area contributed by atoms with Crippen molar-refractivity contribution >= 4 is 11.4 Å². The van der Waals surface area contributed by atoms with Gasteiger partial charge >= 0.3 is 0 Å². The summed E-state index contributed by atoms with van der Waals surface area (Å²) in [5.74, 6) is 0. The molecule has 0 atom stereocenters. The zero-order valence-corrected chi connectivity index (χ0v) is 10.6. The van der Waals surface area contributed by atoms with Gasteiger partial charge in [0.2, 0.25) is 0 Å². The third kappa shape index (κ3) is 2.72. The molecule has 18 heavy (non-hydrogen) atoms. The molecule has 0 amide bonds. The van der Waals surface area contributed by atoms with Crippen LogP contribution >= 0.6 is 0 Å². The number of anilines is 2. The Morgan fingerprint density at radius 1 is 0.944 bits per heavy atom. The molecule has 0 aliphatic carbocycles. The fourth-order valence-corrected chi connectivity index (χ4v) is 1.97. The number of hydrogen-bond donors (Lipinski definition) is 2. The zero-order valence-electron chi connectivity index (χ0n) is 10.6. The molecule has 0 aliphatic rings. The van der Waals surface area contributed by atoms with Crippen molar-refractivity contribution in [2.24, 2.45) is 0 Å². The number of allylic oxidation sites excluding steroid dienone is 2. The molecule has 0 spiro atoms. The first-order valence-corrected chi connectivity index (χ1v) is 6.06. The Kier molecular flexibility index (Phi) is 3.68. The van der Waals surface area contributed by atoms with Crippen molar-refractivity contribution in [3.8, 4) is 11.1 Å². The smallest absolute Gasteiger partial charge is 0.0317 e. The van der Waals surface area contributed by atoms with Crippen LogP contribution in [0, 0.1) is 0 Å². The summed E-state index contributed by atoms with van der Waals surface area (Å²) in [4.78, 5) is 0. The Morgan fingerprint density at radius 3 is 2.28 bits per heavy atom. The molecule has 2 aromatic rings. The molecule has 0 bridgehead atoms. The molecule has 2 heteroatoms. The van der Waals surface area contributed by atoms with Gasteiger partial charge in [-0.15, -0.1) is 0 Å². The Balaban J connectivity index is 2.45. The van der Waals surface area contributed by atoms with Crippen LogP contribution in [0.3, 0.4) is 0 Å². The van der Waals surface area contributed by atoms with Crippen LogP contribution < -0.4 is 11.5 Å². The minimum absolute atomic E-state index is 0.782. The topological polar surface area (TPSA) is 52.0 Å². The van der Waals surface area contributed by atoms with E-state index in [0.29, 0.717) is 0 Å². The fourth-order valence-electron chi connectivity index (χ4n) is 1.97. The molecule has 0 aliphatic heterocycles. The van der Waals surface area contributed by atoms with E-state index < -0.39 is 0 Å². The summed E-state index contributed by atoms with van der Waals surface area (Å²) in [6, 6.07) is 14.0. The van der Waals surface area contributed by atoms with Gasteiger partial charge in [0, 0.05) is 11.4 Å². The lowest BCUT2D eigenvalue weighted by molar-refractivity contribution is 1.26. The average molecular weight is 238 g/mol. The van der Waals surface area contributed by atoms with Crippen LogP contribution in [0.25, 0.3) is 11.1 Å². The van der Waals surface area contributed by atoms with Crippen molar-refractivity contribution in [3.05, 3.63) is 60.2 Å². The largest absolute Gasteiger partial charge is 0.399 e. The number of nitrogen functional groups attached to an aromatic ring is 2. The SMILES string of the molecule is CC=CCc1cc(N)ccc1-c1ccc(N)cc1. The molecule has 0 saturated heterocycles. The third-order valence-corrected chi connectivity index (χ3v) is 2.92. The highest BCUT2D eigenvalue weighted by Gasteiger charge is 2.04. The van der Waals surface area contributed by atoms with Gasteiger partial charge < -0.3 is 11.5 Å². The predicted octanol–water partition coefficient (Wildman–Crippen LogP) is 3.64. The van der Waals surface area contributed by atoms with Crippen LogP contribution in [0.1, 0.15) is 12.5 Å². The summed E-state index contributed by atoms with van der Waals surface area (Å²) in [6.07, 6.45) is 5.08. The van der Waals surface area contributed by atoms with Crippen LogP contribution in [0.15, 0.2) is 54.6 Å². The molecule has 0 aromatic heterocycles. The van der Waals surface area contributed by atoms with Gasteiger partial charge in [-0.2, -0.15) is 0 Å². The van der Waals surface area contributed by atoms with Crippen LogP contribution in [0.4, 0.5) is 11.4 Å². The molecule has 0 heterocycles. The highest BCUT2D eigenvalue weighted by Crippen LogP contribution is 2.27. The van der Waals surface area contributed by atoms with Crippen LogP contribution in [-0.2, 0) is 6.42 Å². The second-order valence-corrected chi connectivity index (χ2v) is 4.31. The average Bonchev–Trinajstić information content (AvgIpc) is 2.38. The normalized spacial score (nSPS) is 10.9. The number of hydrogen-bond acceptors (Lipinski definition) is 2. The van der Waals surface area contributed by atoms with E-state index in [0.717, 1.165) is 17.8 Å². The maximum Gasteiger partial charge on any atom is 0.0317 e. The lowest BCUT2D eigenvalue weighted by Gasteiger charge is -2.09. The molecule has 0 saturated carbocycles. The Labute approximate surface area is 108 Å². The van der Waals surface area contributed by atoms with E-state index >= 15 is 0 Å². The van der Waals surface area contributed by atoms with E-state index in [1.807, 2.05) is 43.3 Å². The standard InChI is InChI=1S/C16H18N2/c1-2-3-4-13-11-15(18)9-10-16(13)12-5-7-14(17)8-6-12/h2-3,5-11H,4,17-18H2,1H3. The van der Waals surface area contributed by atoms with E-state index in [2.05, 4.69) is 18.2 Å². The van der Waals surface area contributed by atoms with Crippen molar-refractivity contribution in [3.63, 3.8) is 0 Å². The molecule has 0 radical (unpaired) electrons. The van der Waals surface area contributed by atoms with Crippen molar-refractivity contribution in [2.45, 2.75) is 13.3 Å². The molecular formula is C16H18N2. The zero-order chi connectivity index (χ0) is 13.0. The maximum absolute atomic E-state index is 5.86. The second-order valence-electron chi connectivity index (χ2n) is 4.31. The minimum Gasteiger partial charge on any atom is -0.399 e. The van der Waals surface area contributed by atoms with Crippen LogP contribution in [-0.4, -0.2) is 0 Å². The number of benzene rings is 2. The fraction of sp³-hybridized carbons (Fsp3) is 0.125. The van der Waals surface area contributed by atoms with Gasteiger partial charge in [-0.1, -0.05) is 30.4 Å². The van der Waals surface area contributed by atoms with Gasteiger partial charge in [0.15, 0.2) is 0 Å². The van der Waals surface area contributed by atoms with Crippen molar-refractivity contribution < 1.29 is 0 Å². The monoisotopic (exact) mass is 238 g/mol. The van der Waals surface area contributed by atoms with Gasteiger partial charge in [0.25, 0.3) is 0 Å². The van der Waals surface area contributed by atoms with Gasteiger partial charge in [-0.05, 0) is 54.3 Å². The quantitative estimate of drug-likeness (QED) is 0.633. The molecule has 2 aromatic carbocycles. The van der Waals surface area contributed by atoms with E-state index in [1.165, 1.54) is 16.7 Å². The van der Waals surface area contributed by atoms with E-state index in [-0.39, 0.29) is 0 Å². The molecule has 0 fully saturated rings. The maximum atomic E-state index is 5.86. The molecule has 0 unspecified atom stereocenters. The number of rotatable bonds is 3. The van der Waals surface area contributed by atoms with Crippen molar-refractivity contribution in [2.75, 3.05) is 11.5 Å². The first kappa shape index (κ1) is 12.2. The Hall–Kier alpha value is -2.22. The second kappa shape index (κ2) is 5.41. The van der Waals surface area contributed by atoms with Crippen molar-refractivity contribution in [1.29, 1.82) is 0 Å². The summed E-state index contributed by atoms with van der Waals surface area (Å²) >= 11 is 0. The highest BCUT2D eigenvalue weighted by molar-refractivity contribution is 5.71. The lowest BCUT2D eigenvalue weighted by atomic mass is 9.97. The molecular weight excluding hydrogens is 220 g/mol. The third-order valence-electron chi connectivity index (χ3n) is 2.92. The highest BCUT2D eigenvalue weighted by atomic mass is 14.5. The van der Waals surface area contributed by atoms with E-state index in [4.69, 9.17) is 11.5 Å². The lowest BCUT2D eigenvalue weighted by Crippen LogP contribution is -1.93. The minimum atomic E-state index is 0.782. The molecule has 2 nitrogen and oxygen atoms in total. The van der Waals surface area contributed by atoms with Crippen LogP contribution in [0.5, 0.6) is 0 Å². The van der Waals surface area contributed by atoms with Gasteiger partial charge in [-0.3, -0.25) is 0 Å². The van der Waals surface area contributed by atoms with Gasteiger partial charge in [0.05, 0.1) is 0 Å². The van der Waals surface area contributed by atoms with Gasteiger partial charge in [-0.25, -0.2) is 0 Å². The predicted molar refractivity (Wildman–Crippen MR) is 79.2 cm³/mol. The molecule has 92 valence electrons. The van der Waals surface area contributed by atoms with Crippen molar-refractivity contribution in [1.82, 2.24) is 0 Å². The summed E-state index contributed by atoms with van der Waals surface area (Å²) < 4.78 is 0. The summed E-state index contributed by atoms with van der Waals surface area (Å²) in [7, 11) is 0. The number of nitrogens with two attached hydrogens (primary N) is 2. The Morgan fingerprint density at radius 2 is 1.61 bits per heavy atom. The first-order chi connectivity index (χ1) is 8.70. The van der Waals surface area contributed by atoms with Gasteiger partial charge in [0.1, 0.15) is 0 Å². The molecule has 2 rings (SSSR count). The summed E-state index contributed by atoms with van der Waals surface area (Å²) in [5.41, 5.74) is 16.8. The first-order valence-electron chi connectivity index (χ1n) is 6.06. The molecule has 4 N–H and O–H groups in total. The Bertz CT molecular complexity index is 554. The van der Waals surface area contributed by atoms with Crippen LogP contribution in [0.2, 0.25) is 0 Å². The van der Waals surface area contributed by atoms with E-state index in [1.54, 1.807) is 0 Å². The van der Waals surface area contributed by atoms with E-state index in [9.17, 15) is 0 Å². The summed E-state index contributed by atoms with van der Waals surface area (Å²) in [6.45, 7) is 2.02. The summed E-state index contributed by atoms with van der Waals surface area (Å²) in [5, 5.41) is 0.